The first-order valence-electron chi connectivity index (χ1n) is 6.20. The Hall–Kier alpha value is -1.34. The minimum atomic E-state index is 0.365. The van der Waals surface area contributed by atoms with Crippen LogP contribution in [0.25, 0.3) is 0 Å². The Balaban J connectivity index is 2.51. The molecule has 94 valence electrons. The molecule has 0 aliphatic heterocycles. The molecule has 0 aliphatic carbocycles. The average molecular weight is 234 g/mol. The Morgan fingerprint density at radius 3 is 2.88 bits per heavy atom. The largest absolute Gasteiger partial charge is 0.306 e. The molecule has 1 N–H and O–H groups in total. The maximum Gasteiger partial charge on any atom is 0.140 e. The van der Waals surface area contributed by atoms with Crippen LogP contribution in [0, 0.1) is 18.3 Å². The predicted molar refractivity (Wildman–Crippen MR) is 69.2 cm³/mol. The minimum Gasteiger partial charge on any atom is -0.306 e. The molecule has 1 atom stereocenters. The highest BCUT2D eigenvalue weighted by Crippen LogP contribution is 2.03. The molecule has 0 radical (unpaired) electrons. The summed E-state index contributed by atoms with van der Waals surface area (Å²) >= 11 is 0. The molecule has 0 bridgehead atoms. The van der Waals surface area contributed by atoms with Gasteiger partial charge in [0.2, 0.25) is 0 Å². The van der Waals surface area contributed by atoms with Gasteiger partial charge in [-0.2, -0.15) is 5.10 Å². The number of terminal acetylenes is 1. The molecule has 4 nitrogen and oxygen atoms in total. The van der Waals surface area contributed by atoms with Gasteiger partial charge in [-0.05, 0) is 12.3 Å². The molecule has 1 rings (SSSR count). The van der Waals surface area contributed by atoms with Crippen molar-refractivity contribution >= 4 is 0 Å². The van der Waals surface area contributed by atoms with Crippen molar-refractivity contribution in [3.63, 3.8) is 0 Å². The van der Waals surface area contributed by atoms with Gasteiger partial charge >= 0.3 is 0 Å². The summed E-state index contributed by atoms with van der Waals surface area (Å²) in [5.41, 5.74) is 0. The Morgan fingerprint density at radius 2 is 2.29 bits per heavy atom. The lowest BCUT2D eigenvalue weighted by Gasteiger charge is -2.14. The van der Waals surface area contributed by atoms with Crippen LogP contribution < -0.4 is 5.32 Å². The normalized spacial score (nSPS) is 12.6. The second-order valence-corrected chi connectivity index (χ2v) is 4.65. The second kappa shape index (κ2) is 7.08. The van der Waals surface area contributed by atoms with Gasteiger partial charge in [-0.3, -0.25) is 0 Å². The van der Waals surface area contributed by atoms with Crippen LogP contribution in [0.1, 0.15) is 39.4 Å². The summed E-state index contributed by atoms with van der Waals surface area (Å²) in [7, 11) is 0. The first-order chi connectivity index (χ1) is 8.17. The molecule has 4 heteroatoms. The van der Waals surface area contributed by atoms with Gasteiger partial charge in [0, 0.05) is 19.0 Å². The molecule has 1 aromatic heterocycles. The highest BCUT2D eigenvalue weighted by atomic mass is 15.3. The van der Waals surface area contributed by atoms with Crippen LogP contribution in [0.4, 0.5) is 0 Å². The minimum absolute atomic E-state index is 0.365. The maximum atomic E-state index is 5.33. The monoisotopic (exact) mass is 234 g/mol. The van der Waals surface area contributed by atoms with Crippen molar-refractivity contribution in [2.75, 3.05) is 0 Å². The van der Waals surface area contributed by atoms with Gasteiger partial charge < -0.3 is 5.32 Å². The van der Waals surface area contributed by atoms with E-state index in [4.69, 9.17) is 6.42 Å². The quantitative estimate of drug-likeness (QED) is 0.732. The molecule has 0 saturated heterocycles. The summed E-state index contributed by atoms with van der Waals surface area (Å²) < 4.78 is 1.96. The molecular formula is C13H22N4. The van der Waals surface area contributed by atoms with Gasteiger partial charge in [0.25, 0.3) is 0 Å². The van der Waals surface area contributed by atoms with Crippen molar-refractivity contribution in [2.24, 2.45) is 5.92 Å². The van der Waals surface area contributed by atoms with Crippen molar-refractivity contribution in [2.45, 2.75) is 52.7 Å². The fourth-order valence-electron chi connectivity index (χ4n) is 1.66. The van der Waals surface area contributed by atoms with Crippen LogP contribution in [0.15, 0.2) is 6.33 Å². The van der Waals surface area contributed by atoms with E-state index in [1.807, 2.05) is 4.68 Å². The molecule has 17 heavy (non-hydrogen) atoms. The fraction of sp³-hybridized carbons (Fsp3) is 0.692. The molecule has 1 heterocycles. The summed E-state index contributed by atoms with van der Waals surface area (Å²) in [6, 6.07) is 0.365. The van der Waals surface area contributed by atoms with Crippen LogP contribution in [0.2, 0.25) is 0 Å². The number of nitrogens with zero attached hydrogens (tertiary/aromatic N) is 3. The van der Waals surface area contributed by atoms with Gasteiger partial charge in [0.05, 0.1) is 6.54 Å². The van der Waals surface area contributed by atoms with E-state index in [0.29, 0.717) is 12.0 Å². The first-order valence-corrected chi connectivity index (χ1v) is 6.20. The van der Waals surface area contributed by atoms with Crippen molar-refractivity contribution in [3.05, 3.63) is 12.2 Å². The topological polar surface area (TPSA) is 42.7 Å². The van der Waals surface area contributed by atoms with Crippen molar-refractivity contribution < 1.29 is 0 Å². The Kier molecular flexibility index (Phi) is 5.71. The molecule has 0 aliphatic rings. The van der Waals surface area contributed by atoms with Crippen molar-refractivity contribution in [1.82, 2.24) is 20.1 Å². The van der Waals surface area contributed by atoms with Crippen LogP contribution in [-0.4, -0.2) is 20.8 Å². The van der Waals surface area contributed by atoms with E-state index in [9.17, 15) is 0 Å². The molecule has 1 aromatic rings. The van der Waals surface area contributed by atoms with E-state index in [1.54, 1.807) is 6.33 Å². The standard InChI is InChI=1S/C13H22N4/c1-5-7-12(6-2)14-8-13-15-10-16-17(13)9-11(3)4/h1,10-12,14H,6-9H2,2-4H3. The maximum absolute atomic E-state index is 5.33. The third-order valence-electron chi connectivity index (χ3n) is 2.64. The van der Waals surface area contributed by atoms with Crippen LogP contribution in [0.5, 0.6) is 0 Å². The molecule has 1 unspecified atom stereocenters. The fourth-order valence-corrected chi connectivity index (χ4v) is 1.66. The van der Waals surface area contributed by atoms with Gasteiger partial charge in [-0.15, -0.1) is 12.3 Å². The van der Waals surface area contributed by atoms with Crippen LogP contribution >= 0.6 is 0 Å². The number of nitrogens with one attached hydrogen (secondary N) is 1. The van der Waals surface area contributed by atoms with Gasteiger partial charge in [-0.1, -0.05) is 20.8 Å². The molecule has 0 aromatic carbocycles. The number of hydrogen-bond acceptors (Lipinski definition) is 3. The lowest BCUT2D eigenvalue weighted by molar-refractivity contribution is 0.438. The van der Waals surface area contributed by atoms with Gasteiger partial charge in [0.1, 0.15) is 12.2 Å². The van der Waals surface area contributed by atoms with E-state index < -0.39 is 0 Å². The molecule has 0 amide bonds. The zero-order chi connectivity index (χ0) is 12.7. The lowest BCUT2D eigenvalue weighted by Crippen LogP contribution is -2.29. The summed E-state index contributed by atoms with van der Waals surface area (Å²) in [6.45, 7) is 8.11. The zero-order valence-electron chi connectivity index (χ0n) is 11.0. The molecule has 0 saturated carbocycles. The average Bonchev–Trinajstić information content (AvgIpc) is 2.71. The van der Waals surface area contributed by atoms with E-state index in [1.165, 1.54) is 0 Å². The summed E-state index contributed by atoms with van der Waals surface area (Å²) in [6.07, 6.45) is 8.73. The van der Waals surface area contributed by atoms with E-state index >= 15 is 0 Å². The predicted octanol–water partition coefficient (Wildman–Crippen LogP) is 1.83. The van der Waals surface area contributed by atoms with E-state index in [2.05, 4.69) is 42.1 Å². The summed E-state index contributed by atoms with van der Waals surface area (Å²) in [4.78, 5) is 4.27. The molecule has 0 spiro atoms. The van der Waals surface area contributed by atoms with Crippen LogP contribution in [0.3, 0.4) is 0 Å². The Morgan fingerprint density at radius 1 is 1.53 bits per heavy atom. The van der Waals surface area contributed by atoms with Gasteiger partial charge in [0.15, 0.2) is 0 Å². The van der Waals surface area contributed by atoms with Crippen molar-refractivity contribution in [1.29, 1.82) is 0 Å². The van der Waals surface area contributed by atoms with Gasteiger partial charge in [-0.25, -0.2) is 9.67 Å². The van der Waals surface area contributed by atoms with Crippen molar-refractivity contribution in [3.8, 4) is 12.3 Å². The smallest absolute Gasteiger partial charge is 0.140 e. The summed E-state index contributed by atoms with van der Waals surface area (Å²) in [5, 5.41) is 7.65. The Bertz CT molecular complexity index is 362. The molecular weight excluding hydrogens is 212 g/mol. The van der Waals surface area contributed by atoms with E-state index in [-0.39, 0.29) is 0 Å². The number of aromatic nitrogens is 3. The Labute approximate surface area is 104 Å². The van der Waals surface area contributed by atoms with E-state index in [0.717, 1.165) is 31.8 Å². The second-order valence-electron chi connectivity index (χ2n) is 4.65. The zero-order valence-corrected chi connectivity index (χ0v) is 11.0. The number of hydrogen-bond donors (Lipinski definition) is 1. The summed E-state index contributed by atoms with van der Waals surface area (Å²) in [5.74, 6) is 4.24. The third kappa shape index (κ3) is 4.58. The SMILES string of the molecule is C#CCC(CC)NCc1ncnn1CC(C)C. The first kappa shape index (κ1) is 13.7. The third-order valence-corrected chi connectivity index (χ3v) is 2.64. The highest BCUT2D eigenvalue weighted by Gasteiger charge is 2.08. The highest BCUT2D eigenvalue weighted by molar-refractivity contribution is 4.91. The molecule has 0 fully saturated rings. The number of rotatable bonds is 7. The lowest BCUT2D eigenvalue weighted by atomic mass is 10.1. The van der Waals surface area contributed by atoms with Crippen LogP contribution in [-0.2, 0) is 13.1 Å².